The first-order chi connectivity index (χ1) is 21.8. The van der Waals surface area contributed by atoms with Crippen LogP contribution >= 0.6 is 22.9 Å². The second-order valence-electron chi connectivity index (χ2n) is 9.68. The van der Waals surface area contributed by atoms with Crippen molar-refractivity contribution in [3.8, 4) is 23.0 Å². The first-order valence-corrected chi connectivity index (χ1v) is 15.2. The maximum Gasteiger partial charge on any atom is 0.338 e. The Labute approximate surface area is 268 Å². The number of fused-ring (bicyclic) bond motifs is 1. The van der Waals surface area contributed by atoms with Crippen LogP contribution in [-0.4, -0.2) is 45.1 Å². The Morgan fingerprint density at radius 3 is 2.42 bits per heavy atom. The third kappa shape index (κ3) is 6.25. The van der Waals surface area contributed by atoms with E-state index >= 15 is 0 Å². The zero-order valence-electron chi connectivity index (χ0n) is 25.2. The van der Waals surface area contributed by atoms with E-state index in [0.717, 1.165) is 0 Å². The quantitative estimate of drug-likeness (QED) is 0.164. The molecule has 1 atom stereocenters. The van der Waals surface area contributed by atoms with Crippen molar-refractivity contribution < 1.29 is 28.5 Å². The Morgan fingerprint density at radius 2 is 1.76 bits per heavy atom. The van der Waals surface area contributed by atoms with Crippen molar-refractivity contribution in [3.05, 3.63) is 120 Å². The third-order valence-electron chi connectivity index (χ3n) is 6.99. The average Bonchev–Trinajstić information content (AvgIpc) is 3.37. The van der Waals surface area contributed by atoms with Crippen molar-refractivity contribution in [3.63, 3.8) is 0 Å². The molecule has 5 rings (SSSR count). The van der Waals surface area contributed by atoms with Crippen molar-refractivity contribution in [2.24, 2.45) is 4.99 Å². The van der Waals surface area contributed by atoms with Crippen molar-refractivity contribution in [2.75, 3.05) is 34.5 Å². The molecule has 0 amide bonds. The SMILES string of the molecule is C=CCOc1c(Cl)cc(/C=c2\sc3n(c2=O)[C@H](c2ccc(OC)c(OC)c2)C(C(=O)OCC)=C(c2ccccc2)N=3)cc1OC. The van der Waals surface area contributed by atoms with E-state index in [0.29, 0.717) is 59.7 Å². The Kier molecular flexibility index (Phi) is 9.75. The molecule has 1 aliphatic heterocycles. The van der Waals surface area contributed by atoms with Crippen molar-refractivity contribution in [1.82, 2.24) is 4.57 Å². The molecule has 0 fully saturated rings. The van der Waals surface area contributed by atoms with Crippen molar-refractivity contribution in [1.29, 1.82) is 0 Å². The highest BCUT2D eigenvalue weighted by molar-refractivity contribution is 7.07. The molecule has 11 heteroatoms. The van der Waals surface area contributed by atoms with E-state index in [4.69, 9.17) is 40.3 Å². The summed E-state index contributed by atoms with van der Waals surface area (Å²) in [4.78, 5) is 33.2. The van der Waals surface area contributed by atoms with Crippen LogP contribution in [0.2, 0.25) is 5.02 Å². The molecule has 1 aliphatic rings. The fraction of sp³-hybridized carbons (Fsp3) is 0.206. The van der Waals surface area contributed by atoms with Gasteiger partial charge in [0.15, 0.2) is 27.8 Å². The summed E-state index contributed by atoms with van der Waals surface area (Å²) in [5.74, 6) is 1.14. The summed E-state index contributed by atoms with van der Waals surface area (Å²) in [7, 11) is 4.57. The lowest BCUT2D eigenvalue weighted by Gasteiger charge is -2.26. The summed E-state index contributed by atoms with van der Waals surface area (Å²) in [6.07, 6.45) is 3.31. The van der Waals surface area contributed by atoms with Gasteiger partial charge >= 0.3 is 5.97 Å². The molecule has 1 aromatic heterocycles. The number of rotatable bonds is 11. The lowest BCUT2D eigenvalue weighted by atomic mass is 9.93. The molecule has 0 spiro atoms. The van der Waals surface area contributed by atoms with E-state index in [1.807, 2.05) is 30.3 Å². The number of ether oxygens (including phenoxy) is 5. The van der Waals surface area contributed by atoms with Gasteiger partial charge in [-0.3, -0.25) is 9.36 Å². The van der Waals surface area contributed by atoms with Gasteiger partial charge in [0, 0.05) is 5.56 Å². The molecule has 0 saturated carbocycles. The van der Waals surface area contributed by atoms with Gasteiger partial charge in [0.05, 0.1) is 54.8 Å². The van der Waals surface area contributed by atoms with Gasteiger partial charge in [0.2, 0.25) is 0 Å². The van der Waals surface area contributed by atoms with Gasteiger partial charge in [-0.25, -0.2) is 9.79 Å². The topological polar surface area (TPSA) is 97.6 Å². The van der Waals surface area contributed by atoms with Gasteiger partial charge in [-0.15, -0.1) is 0 Å². The van der Waals surface area contributed by atoms with Crippen LogP contribution in [-0.2, 0) is 9.53 Å². The lowest BCUT2D eigenvalue weighted by Crippen LogP contribution is -2.40. The predicted molar refractivity (Wildman–Crippen MR) is 174 cm³/mol. The van der Waals surface area contributed by atoms with Crippen LogP contribution in [0.1, 0.15) is 29.7 Å². The predicted octanol–water partition coefficient (Wildman–Crippen LogP) is 5.18. The monoisotopic (exact) mass is 646 g/mol. The van der Waals surface area contributed by atoms with Crippen molar-refractivity contribution in [2.45, 2.75) is 13.0 Å². The maximum absolute atomic E-state index is 14.2. The van der Waals surface area contributed by atoms with E-state index in [1.165, 1.54) is 37.2 Å². The zero-order valence-corrected chi connectivity index (χ0v) is 26.7. The molecule has 0 N–H and O–H groups in total. The van der Waals surface area contributed by atoms with Gasteiger partial charge in [-0.1, -0.05) is 72.0 Å². The minimum atomic E-state index is -0.884. The highest BCUT2D eigenvalue weighted by Gasteiger charge is 2.35. The van der Waals surface area contributed by atoms with E-state index in [2.05, 4.69) is 6.58 Å². The van der Waals surface area contributed by atoms with Gasteiger partial charge in [-0.05, 0) is 48.4 Å². The third-order valence-corrected chi connectivity index (χ3v) is 8.26. The molecular weight excluding hydrogens is 616 g/mol. The molecule has 45 heavy (non-hydrogen) atoms. The van der Waals surface area contributed by atoms with E-state index in [1.54, 1.807) is 49.4 Å². The minimum Gasteiger partial charge on any atom is -0.493 e. The minimum absolute atomic E-state index is 0.141. The number of nitrogens with zero attached hydrogens (tertiary/aromatic N) is 2. The molecule has 2 heterocycles. The van der Waals surface area contributed by atoms with E-state index < -0.39 is 12.0 Å². The molecule has 0 unspecified atom stereocenters. The Morgan fingerprint density at radius 1 is 1.02 bits per heavy atom. The normalized spacial score (nSPS) is 14.3. The first-order valence-electron chi connectivity index (χ1n) is 14.0. The zero-order chi connectivity index (χ0) is 32.1. The van der Waals surface area contributed by atoms with Gasteiger partial charge in [0.25, 0.3) is 5.56 Å². The van der Waals surface area contributed by atoms with E-state index in [-0.39, 0.29) is 24.3 Å². The number of hydrogen-bond acceptors (Lipinski definition) is 9. The summed E-state index contributed by atoms with van der Waals surface area (Å²) in [5.41, 5.74) is 2.21. The van der Waals surface area contributed by atoms with E-state index in [9.17, 15) is 9.59 Å². The molecular formula is C34H31ClN2O7S. The summed E-state index contributed by atoms with van der Waals surface area (Å²) in [6.45, 7) is 5.79. The van der Waals surface area contributed by atoms with Crippen LogP contribution in [0.4, 0.5) is 0 Å². The number of esters is 1. The average molecular weight is 647 g/mol. The summed E-state index contributed by atoms with van der Waals surface area (Å²) >= 11 is 7.74. The van der Waals surface area contributed by atoms with Crippen LogP contribution in [0.3, 0.4) is 0 Å². The Bertz CT molecular complexity index is 1960. The number of benzene rings is 3. The summed E-state index contributed by atoms with van der Waals surface area (Å²) < 4.78 is 29.6. The van der Waals surface area contributed by atoms with Crippen LogP contribution in [0.5, 0.6) is 23.0 Å². The summed E-state index contributed by atoms with van der Waals surface area (Å²) in [5, 5.41) is 0.314. The van der Waals surface area contributed by atoms with Crippen LogP contribution < -0.4 is 33.8 Å². The lowest BCUT2D eigenvalue weighted by molar-refractivity contribution is -0.138. The van der Waals surface area contributed by atoms with Crippen molar-refractivity contribution >= 4 is 40.7 Å². The second-order valence-corrected chi connectivity index (χ2v) is 11.1. The molecule has 0 saturated heterocycles. The highest BCUT2D eigenvalue weighted by Crippen LogP contribution is 2.39. The number of hydrogen-bond donors (Lipinski definition) is 0. The number of carbonyl (C=O) groups excluding carboxylic acids is 1. The maximum atomic E-state index is 14.2. The Hall–Kier alpha value is -4.80. The molecule has 0 bridgehead atoms. The fourth-order valence-electron chi connectivity index (χ4n) is 5.04. The van der Waals surface area contributed by atoms with Crippen LogP contribution in [0, 0.1) is 0 Å². The number of halogens is 1. The molecule has 3 aromatic carbocycles. The van der Waals surface area contributed by atoms with Crippen LogP contribution in [0.25, 0.3) is 11.8 Å². The molecule has 232 valence electrons. The number of methoxy groups -OCH3 is 3. The molecule has 9 nitrogen and oxygen atoms in total. The van der Waals surface area contributed by atoms with Gasteiger partial charge < -0.3 is 23.7 Å². The molecule has 0 radical (unpaired) electrons. The number of thiazole rings is 1. The van der Waals surface area contributed by atoms with Crippen LogP contribution in [0.15, 0.2) is 88.7 Å². The highest BCUT2D eigenvalue weighted by atomic mass is 35.5. The number of aromatic nitrogens is 1. The first kappa shape index (κ1) is 31.6. The standard InChI is InChI=1S/C34H31ClN2O7S/c1-6-15-44-31-23(35)16-20(17-26(31)42-5)18-27-32(38)37-30(22-13-14-24(40-3)25(19-22)41-4)28(33(39)43-7-2)29(36-34(37)45-27)21-11-9-8-10-12-21/h6,8-14,16-19,30H,1,7,15H2,2-5H3/b27-18-/t30-/m1/s1. The Balaban J connectivity index is 1.79. The molecule has 0 aliphatic carbocycles. The largest absolute Gasteiger partial charge is 0.493 e. The molecule has 4 aromatic rings. The summed E-state index contributed by atoms with van der Waals surface area (Å²) in [6, 6.07) is 17.1. The van der Waals surface area contributed by atoms with Gasteiger partial charge in [0.1, 0.15) is 6.61 Å². The fourth-order valence-corrected chi connectivity index (χ4v) is 6.31. The number of carbonyl (C=O) groups is 1. The second kappa shape index (κ2) is 13.9. The van der Waals surface area contributed by atoms with Gasteiger partial charge in [-0.2, -0.15) is 0 Å². The smallest absolute Gasteiger partial charge is 0.338 e.